The molecule has 4 nitrogen and oxygen atoms in total. The van der Waals surface area contributed by atoms with Gasteiger partial charge in [-0.1, -0.05) is 65.7 Å². The van der Waals surface area contributed by atoms with E-state index in [1.807, 2.05) is 74.5 Å². The molecule has 6 heteroatoms. The molecule has 1 saturated heterocycles. The standard InChI is InChI=1S/C25H21ClN2O2S/c1-16-7-10-18(11-8-16)14-27-22-6-4-3-5-20(22)25(24(27)30)28(23(29)15-31-25)19-12-9-17(2)21(26)13-19/h3-13H,14-15H2,1-2H3. The van der Waals surface area contributed by atoms with Crippen LogP contribution in [0.15, 0.2) is 66.7 Å². The molecule has 0 N–H and O–H groups in total. The number of fused-ring (bicyclic) bond motifs is 2. The van der Waals surface area contributed by atoms with Gasteiger partial charge < -0.3 is 4.90 Å². The second-order valence-corrected chi connectivity index (χ2v) is 9.56. The molecule has 1 spiro atoms. The average molecular weight is 449 g/mol. The molecule has 3 aromatic carbocycles. The normalized spacial score (nSPS) is 20.1. The Bertz CT molecular complexity index is 1210. The van der Waals surface area contributed by atoms with Crippen molar-refractivity contribution < 1.29 is 9.59 Å². The molecule has 0 aromatic heterocycles. The van der Waals surface area contributed by atoms with Crippen LogP contribution in [0.2, 0.25) is 5.02 Å². The highest BCUT2D eigenvalue weighted by atomic mass is 35.5. The molecule has 5 rings (SSSR count). The predicted octanol–water partition coefficient (Wildman–Crippen LogP) is 5.44. The van der Waals surface area contributed by atoms with E-state index in [0.717, 1.165) is 22.4 Å². The smallest absolute Gasteiger partial charge is 0.269 e. The molecule has 156 valence electrons. The molecule has 0 radical (unpaired) electrons. The summed E-state index contributed by atoms with van der Waals surface area (Å²) >= 11 is 7.76. The van der Waals surface area contributed by atoms with Gasteiger partial charge in [0.15, 0.2) is 0 Å². The van der Waals surface area contributed by atoms with Crippen LogP contribution in [0, 0.1) is 13.8 Å². The Balaban J connectivity index is 1.63. The van der Waals surface area contributed by atoms with Gasteiger partial charge >= 0.3 is 0 Å². The second kappa shape index (κ2) is 7.43. The monoisotopic (exact) mass is 448 g/mol. The number of thioether (sulfide) groups is 1. The van der Waals surface area contributed by atoms with Crippen molar-refractivity contribution in [1.29, 1.82) is 0 Å². The van der Waals surface area contributed by atoms with Crippen molar-refractivity contribution in [3.05, 3.63) is 94.0 Å². The number of rotatable bonds is 3. The summed E-state index contributed by atoms with van der Waals surface area (Å²) in [4.78, 5) is 29.4. The van der Waals surface area contributed by atoms with Gasteiger partial charge in [0.1, 0.15) is 0 Å². The number of nitrogens with zero attached hydrogens (tertiary/aromatic N) is 2. The third-order valence-electron chi connectivity index (χ3n) is 5.94. The number of para-hydroxylation sites is 1. The summed E-state index contributed by atoms with van der Waals surface area (Å²) in [5.74, 6) is 0.0521. The minimum absolute atomic E-state index is 0.0924. The number of carbonyl (C=O) groups excluding carboxylic acids is 2. The molecule has 1 unspecified atom stereocenters. The molecule has 0 bridgehead atoms. The highest BCUT2D eigenvalue weighted by Crippen LogP contribution is 2.56. The van der Waals surface area contributed by atoms with Crippen LogP contribution >= 0.6 is 23.4 Å². The predicted molar refractivity (Wildman–Crippen MR) is 127 cm³/mol. The Labute approximate surface area is 190 Å². The fraction of sp³-hybridized carbons (Fsp3) is 0.200. The van der Waals surface area contributed by atoms with E-state index >= 15 is 0 Å². The Hall–Kier alpha value is -2.76. The van der Waals surface area contributed by atoms with Gasteiger partial charge in [-0.25, -0.2) is 0 Å². The van der Waals surface area contributed by atoms with Crippen LogP contribution in [0.25, 0.3) is 0 Å². The number of benzene rings is 3. The maximum absolute atomic E-state index is 14.0. The van der Waals surface area contributed by atoms with Crippen LogP contribution in [0.1, 0.15) is 22.3 Å². The minimum Gasteiger partial charge on any atom is -0.304 e. The summed E-state index contributed by atoms with van der Waals surface area (Å²) in [5, 5.41) is 0.576. The van der Waals surface area contributed by atoms with E-state index in [4.69, 9.17) is 11.6 Å². The summed E-state index contributed by atoms with van der Waals surface area (Å²) < 4.78 is 0. The zero-order valence-corrected chi connectivity index (χ0v) is 18.8. The van der Waals surface area contributed by atoms with E-state index in [-0.39, 0.29) is 17.6 Å². The second-order valence-electron chi connectivity index (χ2n) is 7.99. The maximum atomic E-state index is 14.0. The van der Waals surface area contributed by atoms with Crippen molar-refractivity contribution in [2.45, 2.75) is 25.3 Å². The number of aryl methyl sites for hydroxylation is 2. The summed E-state index contributed by atoms with van der Waals surface area (Å²) in [6.45, 7) is 4.41. The number of amides is 2. The lowest BCUT2D eigenvalue weighted by Gasteiger charge is -2.33. The zero-order chi connectivity index (χ0) is 21.8. The molecule has 2 aliphatic rings. The van der Waals surface area contributed by atoms with E-state index in [9.17, 15) is 9.59 Å². The lowest BCUT2D eigenvalue weighted by molar-refractivity contribution is -0.123. The fourth-order valence-electron chi connectivity index (χ4n) is 4.31. The van der Waals surface area contributed by atoms with E-state index in [2.05, 4.69) is 0 Å². The molecule has 2 heterocycles. The highest BCUT2D eigenvalue weighted by Gasteiger charge is 2.60. The number of hydrogen-bond donors (Lipinski definition) is 0. The number of hydrogen-bond acceptors (Lipinski definition) is 3. The maximum Gasteiger partial charge on any atom is 0.269 e. The Kier molecular flexibility index (Phi) is 4.83. The van der Waals surface area contributed by atoms with Crippen LogP contribution in [-0.4, -0.2) is 17.6 Å². The molecule has 3 aromatic rings. The first-order chi connectivity index (χ1) is 14.9. The minimum atomic E-state index is -1.11. The van der Waals surface area contributed by atoms with Crippen LogP contribution in [0.5, 0.6) is 0 Å². The SMILES string of the molecule is Cc1ccc(CN2C(=O)C3(SCC(=O)N3c3ccc(C)c(Cl)c3)c3ccccc32)cc1. The van der Waals surface area contributed by atoms with Gasteiger partial charge in [-0.2, -0.15) is 0 Å². The molecule has 0 saturated carbocycles. The van der Waals surface area contributed by atoms with Gasteiger partial charge in [-0.3, -0.25) is 14.5 Å². The highest BCUT2D eigenvalue weighted by molar-refractivity contribution is 8.02. The van der Waals surface area contributed by atoms with Crippen molar-refractivity contribution in [3.8, 4) is 0 Å². The Morgan fingerprint density at radius 3 is 2.48 bits per heavy atom. The first kappa shape index (κ1) is 20.2. The molecule has 2 aliphatic heterocycles. The number of carbonyl (C=O) groups is 2. The quantitative estimate of drug-likeness (QED) is 0.536. The molecule has 1 fully saturated rings. The van der Waals surface area contributed by atoms with Crippen molar-refractivity contribution in [3.63, 3.8) is 0 Å². The van der Waals surface area contributed by atoms with Crippen LogP contribution in [0.4, 0.5) is 11.4 Å². The first-order valence-corrected chi connectivity index (χ1v) is 11.5. The van der Waals surface area contributed by atoms with Crippen LogP contribution in [0.3, 0.4) is 0 Å². The van der Waals surface area contributed by atoms with E-state index in [1.54, 1.807) is 15.9 Å². The molecule has 1 atom stereocenters. The molecule has 2 amide bonds. The topological polar surface area (TPSA) is 40.6 Å². The summed E-state index contributed by atoms with van der Waals surface area (Å²) in [6, 6.07) is 21.5. The summed E-state index contributed by atoms with van der Waals surface area (Å²) in [5.41, 5.74) is 5.49. The van der Waals surface area contributed by atoms with Crippen molar-refractivity contribution >= 4 is 46.6 Å². The van der Waals surface area contributed by atoms with Gasteiger partial charge in [0.2, 0.25) is 10.8 Å². The molecular formula is C25H21ClN2O2S. The van der Waals surface area contributed by atoms with Gasteiger partial charge in [0.05, 0.1) is 18.0 Å². The summed E-state index contributed by atoms with van der Waals surface area (Å²) in [6.07, 6.45) is 0. The number of halogens is 1. The van der Waals surface area contributed by atoms with E-state index in [1.165, 1.54) is 17.3 Å². The Morgan fingerprint density at radius 2 is 1.74 bits per heavy atom. The third kappa shape index (κ3) is 3.07. The van der Waals surface area contributed by atoms with E-state index in [0.29, 0.717) is 17.3 Å². The van der Waals surface area contributed by atoms with Gasteiger partial charge in [0, 0.05) is 16.3 Å². The largest absolute Gasteiger partial charge is 0.304 e. The average Bonchev–Trinajstić information content (AvgIpc) is 3.23. The van der Waals surface area contributed by atoms with Crippen LogP contribution in [-0.2, 0) is 21.0 Å². The van der Waals surface area contributed by atoms with Crippen molar-refractivity contribution in [2.24, 2.45) is 0 Å². The van der Waals surface area contributed by atoms with Crippen molar-refractivity contribution in [2.75, 3.05) is 15.6 Å². The summed E-state index contributed by atoms with van der Waals surface area (Å²) in [7, 11) is 0. The lowest BCUT2D eigenvalue weighted by Crippen LogP contribution is -2.49. The van der Waals surface area contributed by atoms with Gasteiger partial charge in [-0.15, -0.1) is 11.8 Å². The van der Waals surface area contributed by atoms with E-state index < -0.39 is 4.87 Å². The van der Waals surface area contributed by atoms with Gasteiger partial charge in [0.25, 0.3) is 5.91 Å². The lowest BCUT2D eigenvalue weighted by atomic mass is 10.0. The molecule has 31 heavy (non-hydrogen) atoms. The van der Waals surface area contributed by atoms with Crippen LogP contribution < -0.4 is 9.80 Å². The van der Waals surface area contributed by atoms with Gasteiger partial charge in [-0.05, 0) is 43.2 Å². The zero-order valence-electron chi connectivity index (χ0n) is 17.3. The first-order valence-electron chi connectivity index (χ1n) is 10.1. The molecular weight excluding hydrogens is 428 g/mol. The van der Waals surface area contributed by atoms with Crippen molar-refractivity contribution in [1.82, 2.24) is 0 Å². The number of anilines is 2. The Morgan fingerprint density at radius 1 is 1.00 bits per heavy atom. The molecule has 0 aliphatic carbocycles. The third-order valence-corrected chi connectivity index (χ3v) is 7.73. The fourth-order valence-corrected chi connectivity index (χ4v) is 5.84.